The maximum atomic E-state index is 11.7. The van der Waals surface area contributed by atoms with Crippen molar-refractivity contribution < 1.29 is 4.79 Å². The second-order valence-electron chi connectivity index (χ2n) is 4.49. The van der Waals surface area contributed by atoms with Gasteiger partial charge in [-0.05, 0) is 31.9 Å². The zero-order valence-corrected chi connectivity index (χ0v) is 10.5. The summed E-state index contributed by atoms with van der Waals surface area (Å²) in [5, 5.41) is 3.10. The van der Waals surface area contributed by atoms with Gasteiger partial charge in [0.05, 0.1) is 0 Å². The van der Waals surface area contributed by atoms with Crippen molar-refractivity contribution in [3.05, 3.63) is 0 Å². The average molecular weight is 230 g/mol. The first-order chi connectivity index (χ1) is 7.13. The highest BCUT2D eigenvalue weighted by atomic mass is 32.2. The van der Waals surface area contributed by atoms with Gasteiger partial charge in [-0.15, -0.1) is 0 Å². The van der Waals surface area contributed by atoms with E-state index in [1.165, 1.54) is 0 Å². The van der Waals surface area contributed by atoms with Gasteiger partial charge in [0.1, 0.15) is 0 Å². The minimum absolute atomic E-state index is 0.109. The summed E-state index contributed by atoms with van der Waals surface area (Å²) >= 11 is 1.72. The van der Waals surface area contributed by atoms with Gasteiger partial charge in [0.25, 0.3) is 0 Å². The lowest BCUT2D eigenvalue weighted by atomic mass is 9.91. The third-order valence-electron chi connectivity index (χ3n) is 2.93. The predicted octanol–water partition coefficient (Wildman–Crippen LogP) is 1.37. The van der Waals surface area contributed by atoms with Gasteiger partial charge in [0.2, 0.25) is 5.91 Å². The molecule has 1 aliphatic rings. The largest absolute Gasteiger partial charge is 0.353 e. The molecule has 15 heavy (non-hydrogen) atoms. The lowest BCUT2D eigenvalue weighted by Gasteiger charge is -2.28. The Labute approximate surface area is 96.6 Å². The summed E-state index contributed by atoms with van der Waals surface area (Å²) in [5.41, 5.74) is 5.88. The summed E-state index contributed by atoms with van der Waals surface area (Å²) in [4.78, 5) is 11.7. The van der Waals surface area contributed by atoms with E-state index in [-0.39, 0.29) is 17.9 Å². The van der Waals surface area contributed by atoms with E-state index in [4.69, 9.17) is 5.73 Å². The van der Waals surface area contributed by atoms with E-state index in [0.29, 0.717) is 6.04 Å². The number of carbonyl (C=O) groups is 1. The molecule has 4 heteroatoms. The first-order valence-electron chi connectivity index (χ1n) is 5.68. The molecule has 0 aromatic heterocycles. The van der Waals surface area contributed by atoms with Gasteiger partial charge >= 0.3 is 0 Å². The van der Waals surface area contributed by atoms with Crippen molar-refractivity contribution in [2.45, 2.75) is 44.7 Å². The number of amides is 1. The third kappa shape index (κ3) is 4.43. The summed E-state index contributed by atoms with van der Waals surface area (Å²) in [7, 11) is 0. The molecule has 0 aromatic carbocycles. The molecule has 88 valence electrons. The maximum absolute atomic E-state index is 11.7. The molecule has 1 saturated carbocycles. The molecule has 0 aromatic rings. The number of nitrogens with one attached hydrogen (secondary N) is 1. The Bertz CT molecular complexity index is 211. The van der Waals surface area contributed by atoms with E-state index >= 15 is 0 Å². The lowest BCUT2D eigenvalue weighted by Crippen LogP contribution is -2.44. The minimum atomic E-state index is 0.109. The molecule has 1 amide bonds. The van der Waals surface area contributed by atoms with Crippen LogP contribution in [0.5, 0.6) is 0 Å². The summed E-state index contributed by atoms with van der Waals surface area (Å²) in [6, 6.07) is 0.588. The summed E-state index contributed by atoms with van der Waals surface area (Å²) in [5.74, 6) is 1.19. The van der Waals surface area contributed by atoms with Crippen LogP contribution in [0.3, 0.4) is 0 Å². The van der Waals surface area contributed by atoms with E-state index in [9.17, 15) is 4.79 Å². The van der Waals surface area contributed by atoms with Crippen LogP contribution in [-0.4, -0.2) is 30.0 Å². The standard InChI is InChI=1S/C11H22N2OS/c1-8(7-15-2)11(14)13-10-5-3-4-9(12)6-10/h8-10H,3-7,12H2,1-2H3,(H,13,14). The maximum Gasteiger partial charge on any atom is 0.223 e. The Hall–Kier alpha value is -0.220. The average Bonchev–Trinajstić information content (AvgIpc) is 2.18. The predicted molar refractivity (Wildman–Crippen MR) is 65.9 cm³/mol. The van der Waals surface area contributed by atoms with Gasteiger partial charge in [-0.2, -0.15) is 11.8 Å². The van der Waals surface area contributed by atoms with Gasteiger partial charge in [0, 0.05) is 23.8 Å². The smallest absolute Gasteiger partial charge is 0.223 e. The number of thioether (sulfide) groups is 1. The van der Waals surface area contributed by atoms with Gasteiger partial charge in [0.15, 0.2) is 0 Å². The molecule has 0 saturated heterocycles. The van der Waals surface area contributed by atoms with Crippen LogP contribution in [0.1, 0.15) is 32.6 Å². The van der Waals surface area contributed by atoms with E-state index in [1.807, 2.05) is 13.2 Å². The number of carbonyl (C=O) groups excluding carboxylic acids is 1. The Morgan fingerprint density at radius 3 is 2.93 bits per heavy atom. The number of rotatable bonds is 4. The van der Waals surface area contributed by atoms with Crippen LogP contribution >= 0.6 is 11.8 Å². The molecule has 1 fully saturated rings. The number of hydrogen-bond acceptors (Lipinski definition) is 3. The molecule has 3 nitrogen and oxygen atoms in total. The van der Waals surface area contributed by atoms with E-state index in [0.717, 1.165) is 31.4 Å². The molecular formula is C11H22N2OS. The SMILES string of the molecule is CSCC(C)C(=O)NC1CCCC(N)C1. The first kappa shape index (κ1) is 12.8. The molecule has 0 radical (unpaired) electrons. The molecule has 3 unspecified atom stereocenters. The molecule has 3 atom stereocenters. The van der Waals surface area contributed by atoms with Crippen molar-refractivity contribution in [1.29, 1.82) is 0 Å². The second-order valence-corrected chi connectivity index (χ2v) is 5.40. The fourth-order valence-corrected chi connectivity index (χ4v) is 2.68. The van der Waals surface area contributed by atoms with Gasteiger partial charge in [-0.1, -0.05) is 6.92 Å². The highest BCUT2D eigenvalue weighted by molar-refractivity contribution is 7.98. The van der Waals surface area contributed by atoms with E-state index in [1.54, 1.807) is 11.8 Å². The Kier molecular flexibility index (Phi) is 5.47. The Balaban J connectivity index is 2.30. The van der Waals surface area contributed by atoms with E-state index < -0.39 is 0 Å². The Morgan fingerprint density at radius 2 is 2.33 bits per heavy atom. The normalized spacial score (nSPS) is 28.5. The van der Waals surface area contributed by atoms with Crippen LogP contribution in [0.25, 0.3) is 0 Å². The Morgan fingerprint density at radius 1 is 1.60 bits per heavy atom. The summed E-state index contributed by atoms with van der Waals surface area (Å²) in [6.45, 7) is 1.98. The van der Waals surface area contributed by atoms with Crippen LogP contribution in [-0.2, 0) is 4.79 Å². The zero-order chi connectivity index (χ0) is 11.3. The van der Waals surface area contributed by atoms with Crippen molar-refractivity contribution in [3.8, 4) is 0 Å². The highest BCUT2D eigenvalue weighted by Crippen LogP contribution is 2.17. The molecular weight excluding hydrogens is 208 g/mol. The third-order valence-corrected chi connectivity index (χ3v) is 3.76. The molecule has 0 bridgehead atoms. The fraction of sp³-hybridized carbons (Fsp3) is 0.909. The molecule has 1 aliphatic carbocycles. The molecule has 0 heterocycles. The minimum Gasteiger partial charge on any atom is -0.353 e. The van der Waals surface area contributed by atoms with Crippen LogP contribution < -0.4 is 11.1 Å². The molecule has 1 rings (SSSR count). The van der Waals surface area contributed by atoms with Crippen molar-refractivity contribution in [3.63, 3.8) is 0 Å². The highest BCUT2D eigenvalue weighted by Gasteiger charge is 2.22. The summed E-state index contributed by atoms with van der Waals surface area (Å²) < 4.78 is 0. The van der Waals surface area contributed by atoms with E-state index in [2.05, 4.69) is 5.32 Å². The van der Waals surface area contributed by atoms with Crippen molar-refractivity contribution >= 4 is 17.7 Å². The van der Waals surface area contributed by atoms with Crippen LogP contribution in [0.4, 0.5) is 0 Å². The number of nitrogens with two attached hydrogens (primary N) is 1. The summed E-state index contributed by atoms with van der Waals surface area (Å²) in [6.07, 6.45) is 6.30. The monoisotopic (exact) mass is 230 g/mol. The molecule has 0 spiro atoms. The van der Waals surface area contributed by atoms with Crippen molar-refractivity contribution in [1.82, 2.24) is 5.32 Å². The van der Waals surface area contributed by atoms with Crippen LogP contribution in [0.15, 0.2) is 0 Å². The van der Waals surface area contributed by atoms with Gasteiger partial charge < -0.3 is 11.1 Å². The van der Waals surface area contributed by atoms with Crippen LogP contribution in [0, 0.1) is 5.92 Å². The fourth-order valence-electron chi connectivity index (χ4n) is 2.03. The quantitative estimate of drug-likeness (QED) is 0.767. The molecule has 0 aliphatic heterocycles. The van der Waals surface area contributed by atoms with Crippen LogP contribution in [0.2, 0.25) is 0 Å². The van der Waals surface area contributed by atoms with Crippen molar-refractivity contribution in [2.75, 3.05) is 12.0 Å². The lowest BCUT2D eigenvalue weighted by molar-refractivity contribution is -0.124. The van der Waals surface area contributed by atoms with Gasteiger partial charge in [-0.25, -0.2) is 0 Å². The second kappa shape index (κ2) is 6.38. The zero-order valence-electron chi connectivity index (χ0n) is 9.66. The number of hydrogen-bond donors (Lipinski definition) is 2. The van der Waals surface area contributed by atoms with Gasteiger partial charge in [-0.3, -0.25) is 4.79 Å². The first-order valence-corrected chi connectivity index (χ1v) is 7.07. The topological polar surface area (TPSA) is 55.1 Å². The molecule has 3 N–H and O–H groups in total. The van der Waals surface area contributed by atoms with Crippen molar-refractivity contribution in [2.24, 2.45) is 11.7 Å².